The van der Waals surface area contributed by atoms with Crippen LogP contribution in [0.2, 0.25) is 0 Å². The zero-order valence-corrected chi connectivity index (χ0v) is 18.1. The SMILES string of the molecule is CC(C)(C)OC(=O)C[C@H](NS(=O)(=O)c1cccc(C(=O)O)c1)C(=O)OC(C)(C)C. The minimum Gasteiger partial charge on any atom is -0.478 e. The number of sulfonamides is 1. The van der Waals surface area contributed by atoms with Crippen molar-refractivity contribution in [1.29, 1.82) is 0 Å². The number of benzene rings is 1. The molecule has 0 radical (unpaired) electrons. The molecule has 0 spiro atoms. The number of nitrogens with one attached hydrogen (secondary N) is 1. The van der Waals surface area contributed by atoms with Crippen molar-refractivity contribution in [2.45, 2.75) is 70.1 Å². The van der Waals surface area contributed by atoms with Crippen LogP contribution in [-0.4, -0.2) is 48.7 Å². The summed E-state index contributed by atoms with van der Waals surface area (Å²) in [7, 11) is -4.33. The van der Waals surface area contributed by atoms with Gasteiger partial charge in [-0.25, -0.2) is 13.2 Å². The van der Waals surface area contributed by atoms with Gasteiger partial charge in [0.15, 0.2) is 0 Å². The summed E-state index contributed by atoms with van der Waals surface area (Å²) in [6.45, 7) is 9.69. The Hall–Kier alpha value is -2.46. The smallest absolute Gasteiger partial charge is 0.335 e. The quantitative estimate of drug-likeness (QED) is 0.629. The number of carboxylic acid groups (broad SMARTS) is 1. The van der Waals surface area contributed by atoms with Gasteiger partial charge in [-0.1, -0.05) is 6.07 Å². The summed E-state index contributed by atoms with van der Waals surface area (Å²) >= 11 is 0. The minimum atomic E-state index is -4.33. The average Bonchev–Trinajstić information content (AvgIpc) is 2.50. The molecule has 0 amide bonds. The van der Waals surface area contributed by atoms with Gasteiger partial charge in [0, 0.05) is 0 Å². The van der Waals surface area contributed by atoms with E-state index in [4.69, 9.17) is 14.6 Å². The summed E-state index contributed by atoms with van der Waals surface area (Å²) in [4.78, 5) is 35.4. The number of ether oxygens (including phenoxy) is 2. The van der Waals surface area contributed by atoms with Crippen molar-refractivity contribution < 1.29 is 37.4 Å². The van der Waals surface area contributed by atoms with E-state index in [1.54, 1.807) is 41.5 Å². The highest BCUT2D eigenvalue weighted by atomic mass is 32.2. The van der Waals surface area contributed by atoms with Gasteiger partial charge in [-0.3, -0.25) is 9.59 Å². The topological polar surface area (TPSA) is 136 Å². The Bertz CT molecular complexity index is 878. The molecule has 1 atom stereocenters. The molecule has 0 fully saturated rings. The lowest BCUT2D eigenvalue weighted by Crippen LogP contribution is -2.46. The maximum Gasteiger partial charge on any atom is 0.335 e. The fraction of sp³-hybridized carbons (Fsp3) is 0.526. The number of hydrogen-bond acceptors (Lipinski definition) is 7. The summed E-state index contributed by atoms with van der Waals surface area (Å²) in [6.07, 6.45) is -0.593. The van der Waals surface area contributed by atoms with Crippen molar-refractivity contribution >= 4 is 27.9 Å². The van der Waals surface area contributed by atoms with Crippen LogP contribution in [0.3, 0.4) is 0 Å². The standard InChI is InChI=1S/C19H27NO8S/c1-18(2,3)27-15(21)11-14(17(24)28-19(4,5)6)20-29(25,26)13-9-7-8-12(10-13)16(22)23/h7-10,14,20H,11H2,1-6H3,(H,22,23)/t14-/m0/s1. The number of rotatable bonds is 7. The molecule has 0 aliphatic rings. The molecule has 10 heteroatoms. The van der Waals surface area contributed by atoms with Gasteiger partial charge in [0.2, 0.25) is 10.0 Å². The molecule has 0 aromatic heterocycles. The summed E-state index contributed by atoms with van der Waals surface area (Å²) in [6, 6.07) is 3.06. The highest BCUT2D eigenvalue weighted by Crippen LogP contribution is 2.17. The number of carboxylic acids is 1. The first-order valence-electron chi connectivity index (χ1n) is 8.80. The molecule has 2 N–H and O–H groups in total. The summed E-state index contributed by atoms with van der Waals surface area (Å²) in [5.41, 5.74) is -1.99. The Morgan fingerprint density at radius 2 is 1.59 bits per heavy atom. The molecule has 1 aromatic rings. The average molecular weight is 429 g/mol. The number of carbonyl (C=O) groups excluding carboxylic acids is 2. The largest absolute Gasteiger partial charge is 0.478 e. The third-order valence-corrected chi connectivity index (χ3v) is 4.64. The zero-order valence-electron chi connectivity index (χ0n) is 17.3. The Morgan fingerprint density at radius 1 is 1.03 bits per heavy atom. The van der Waals surface area contributed by atoms with Gasteiger partial charge in [-0.05, 0) is 59.7 Å². The van der Waals surface area contributed by atoms with E-state index < -0.39 is 51.6 Å². The van der Waals surface area contributed by atoms with Gasteiger partial charge in [0.25, 0.3) is 0 Å². The van der Waals surface area contributed by atoms with Crippen LogP contribution >= 0.6 is 0 Å². The molecular weight excluding hydrogens is 402 g/mol. The Kier molecular flexibility index (Phi) is 7.55. The first-order chi connectivity index (χ1) is 13.0. The third kappa shape index (κ3) is 8.61. The molecule has 0 unspecified atom stereocenters. The maximum absolute atomic E-state index is 12.7. The Balaban J connectivity index is 3.18. The lowest BCUT2D eigenvalue weighted by molar-refractivity contribution is -0.164. The highest BCUT2D eigenvalue weighted by molar-refractivity contribution is 7.89. The van der Waals surface area contributed by atoms with Crippen molar-refractivity contribution in [3.63, 3.8) is 0 Å². The van der Waals surface area contributed by atoms with Gasteiger partial charge in [0.05, 0.1) is 16.9 Å². The molecule has 1 rings (SSSR count). The molecular formula is C19H27NO8S. The summed E-state index contributed by atoms with van der Waals surface area (Å²) in [5.74, 6) is -3.06. The van der Waals surface area contributed by atoms with E-state index in [9.17, 15) is 22.8 Å². The molecule has 0 saturated carbocycles. The van der Waals surface area contributed by atoms with E-state index in [0.29, 0.717) is 0 Å². The van der Waals surface area contributed by atoms with Crippen molar-refractivity contribution in [2.75, 3.05) is 0 Å². The fourth-order valence-electron chi connectivity index (χ4n) is 2.15. The summed E-state index contributed by atoms with van der Waals surface area (Å²) in [5, 5.41) is 9.05. The van der Waals surface area contributed by atoms with Crippen molar-refractivity contribution in [1.82, 2.24) is 4.72 Å². The van der Waals surface area contributed by atoms with Crippen LogP contribution < -0.4 is 4.72 Å². The molecule has 29 heavy (non-hydrogen) atoms. The second-order valence-electron chi connectivity index (χ2n) is 8.33. The number of carbonyl (C=O) groups is 3. The highest BCUT2D eigenvalue weighted by Gasteiger charge is 2.33. The normalized spacial score (nSPS) is 13.4. The maximum atomic E-state index is 12.7. The van der Waals surface area contributed by atoms with Crippen LogP contribution in [0.1, 0.15) is 58.3 Å². The monoisotopic (exact) mass is 429 g/mol. The Labute approximate surface area is 170 Å². The van der Waals surface area contributed by atoms with Crippen LogP contribution in [-0.2, 0) is 29.1 Å². The first kappa shape index (κ1) is 24.6. The van der Waals surface area contributed by atoms with E-state index >= 15 is 0 Å². The van der Waals surface area contributed by atoms with Gasteiger partial charge >= 0.3 is 17.9 Å². The first-order valence-corrected chi connectivity index (χ1v) is 10.3. The van der Waals surface area contributed by atoms with Crippen molar-refractivity contribution in [2.24, 2.45) is 0 Å². The molecule has 1 aromatic carbocycles. The second kappa shape index (κ2) is 8.91. The predicted octanol–water partition coefficient (Wildman–Crippen LogP) is 2.11. The van der Waals surface area contributed by atoms with Crippen LogP contribution in [0.15, 0.2) is 29.2 Å². The van der Waals surface area contributed by atoms with Gasteiger partial charge in [-0.2, -0.15) is 4.72 Å². The molecule has 0 aliphatic carbocycles. The van der Waals surface area contributed by atoms with Crippen molar-refractivity contribution in [3.05, 3.63) is 29.8 Å². The Morgan fingerprint density at radius 3 is 2.07 bits per heavy atom. The number of esters is 2. The lowest BCUT2D eigenvalue weighted by atomic mass is 10.1. The molecule has 0 saturated heterocycles. The van der Waals surface area contributed by atoms with E-state index in [0.717, 1.165) is 6.07 Å². The predicted molar refractivity (Wildman–Crippen MR) is 104 cm³/mol. The molecule has 0 heterocycles. The van der Waals surface area contributed by atoms with E-state index in [2.05, 4.69) is 4.72 Å². The molecule has 0 aliphatic heterocycles. The van der Waals surface area contributed by atoms with E-state index in [1.165, 1.54) is 18.2 Å². The zero-order chi connectivity index (χ0) is 22.6. The van der Waals surface area contributed by atoms with Crippen molar-refractivity contribution in [3.8, 4) is 0 Å². The van der Waals surface area contributed by atoms with E-state index in [-0.39, 0.29) is 10.5 Å². The lowest BCUT2D eigenvalue weighted by Gasteiger charge is -2.25. The second-order valence-corrected chi connectivity index (χ2v) is 10.0. The number of hydrogen-bond donors (Lipinski definition) is 2. The number of aromatic carboxylic acids is 1. The van der Waals surface area contributed by atoms with Crippen LogP contribution in [0.25, 0.3) is 0 Å². The van der Waals surface area contributed by atoms with Crippen LogP contribution in [0, 0.1) is 0 Å². The molecule has 0 bridgehead atoms. The minimum absolute atomic E-state index is 0.242. The third-order valence-electron chi connectivity index (χ3n) is 3.17. The molecule has 9 nitrogen and oxygen atoms in total. The van der Waals surface area contributed by atoms with Gasteiger partial charge in [0.1, 0.15) is 17.2 Å². The summed E-state index contributed by atoms with van der Waals surface area (Å²) < 4.78 is 37.9. The van der Waals surface area contributed by atoms with Crippen LogP contribution in [0.4, 0.5) is 0 Å². The molecule has 162 valence electrons. The van der Waals surface area contributed by atoms with E-state index in [1.807, 2.05) is 0 Å². The van der Waals surface area contributed by atoms with Gasteiger partial charge in [-0.15, -0.1) is 0 Å². The fourth-order valence-corrected chi connectivity index (χ4v) is 3.38. The van der Waals surface area contributed by atoms with Crippen LogP contribution in [0.5, 0.6) is 0 Å². The van der Waals surface area contributed by atoms with Gasteiger partial charge < -0.3 is 14.6 Å².